The van der Waals surface area contributed by atoms with Crippen molar-refractivity contribution in [1.82, 2.24) is 25.3 Å². The fraction of sp³-hybridized carbons (Fsp3) is 0.484. The molecule has 9 nitrogen and oxygen atoms in total. The van der Waals surface area contributed by atoms with E-state index < -0.39 is 0 Å². The number of nitrogens with zero attached hydrogens (tertiary/aromatic N) is 6. The molecule has 4 saturated carbocycles. The van der Waals surface area contributed by atoms with Crippen molar-refractivity contribution in [2.45, 2.75) is 76.3 Å². The number of nitrogens with one attached hydrogen (secondary N) is 1. The van der Waals surface area contributed by atoms with Gasteiger partial charge in [-0.15, -0.1) is 5.10 Å². The van der Waals surface area contributed by atoms with Gasteiger partial charge in [0.2, 0.25) is 5.91 Å². The van der Waals surface area contributed by atoms with E-state index in [0.29, 0.717) is 16.5 Å². The summed E-state index contributed by atoms with van der Waals surface area (Å²) in [6.45, 7) is 6.82. The highest BCUT2D eigenvalue weighted by Crippen LogP contribution is 2.60. The minimum absolute atomic E-state index is 0.137. The number of piperidine rings is 1. The Bertz CT molecular complexity index is 1650. The van der Waals surface area contributed by atoms with Crippen LogP contribution in [0.4, 0.5) is 5.82 Å². The zero-order valence-corrected chi connectivity index (χ0v) is 24.2. The van der Waals surface area contributed by atoms with Crippen molar-refractivity contribution in [2.24, 2.45) is 11.8 Å². The van der Waals surface area contributed by atoms with E-state index in [1.165, 1.54) is 0 Å². The molecule has 1 aliphatic heterocycles. The lowest BCUT2D eigenvalue weighted by Crippen LogP contribution is -2.66. The molecule has 3 heterocycles. The topological polar surface area (TPSA) is 117 Å². The summed E-state index contributed by atoms with van der Waals surface area (Å²) in [4.78, 5) is 32.5. The SMILES string of the molecule is Cc1c(C(C)n2cc(C(=O)NC34CCCC(c5cc(Cl)ccc5C#N)(C3)C4)nn2)cnc(N2C[C@H]3C[C@H]3C2=O)c1C. The van der Waals surface area contributed by atoms with Gasteiger partial charge >= 0.3 is 0 Å². The molecule has 3 aromatic rings. The van der Waals surface area contributed by atoms with E-state index in [1.54, 1.807) is 23.0 Å². The number of carbonyl (C=O) groups is 2. The summed E-state index contributed by atoms with van der Waals surface area (Å²) in [5, 5.41) is 22.1. The van der Waals surface area contributed by atoms with E-state index in [2.05, 4.69) is 21.7 Å². The normalized spacial score (nSPS) is 28.5. The predicted molar refractivity (Wildman–Crippen MR) is 153 cm³/mol. The molecule has 4 aliphatic carbocycles. The number of aromatic nitrogens is 4. The number of hydrogen-bond donors (Lipinski definition) is 1. The highest BCUT2D eigenvalue weighted by Gasteiger charge is 2.59. The maximum absolute atomic E-state index is 13.4. The molecule has 3 atom stereocenters. The largest absolute Gasteiger partial charge is 0.345 e. The number of pyridine rings is 1. The second-order valence-corrected chi connectivity index (χ2v) is 13.1. The van der Waals surface area contributed by atoms with Gasteiger partial charge in [0.05, 0.1) is 23.9 Å². The van der Waals surface area contributed by atoms with E-state index >= 15 is 0 Å². The molecular weight excluding hydrogens is 538 g/mol. The number of fused-ring (bicyclic) bond motifs is 3. The Kier molecular flexibility index (Phi) is 5.81. The number of halogens is 1. The van der Waals surface area contributed by atoms with Gasteiger partial charge in [-0.1, -0.05) is 23.2 Å². The number of anilines is 1. The molecule has 1 unspecified atom stereocenters. The number of hydrogen-bond acceptors (Lipinski definition) is 6. The van der Waals surface area contributed by atoms with Crippen molar-refractivity contribution in [3.05, 3.63) is 69.1 Å². The van der Waals surface area contributed by atoms with E-state index in [1.807, 2.05) is 37.9 Å². The van der Waals surface area contributed by atoms with E-state index in [-0.39, 0.29) is 40.4 Å². The Morgan fingerprint density at radius 3 is 2.78 bits per heavy atom. The van der Waals surface area contributed by atoms with Crippen LogP contribution in [-0.2, 0) is 10.2 Å². The van der Waals surface area contributed by atoms with Crippen LogP contribution >= 0.6 is 11.6 Å². The third-order valence-corrected chi connectivity index (χ3v) is 10.4. The minimum atomic E-state index is -0.319. The van der Waals surface area contributed by atoms with Gasteiger partial charge in [-0.3, -0.25) is 14.5 Å². The van der Waals surface area contributed by atoms with Crippen molar-refractivity contribution >= 4 is 29.2 Å². The fourth-order valence-electron chi connectivity index (χ4n) is 7.78. The van der Waals surface area contributed by atoms with Gasteiger partial charge in [-0.05, 0) is 99.2 Å². The molecule has 1 saturated heterocycles. The zero-order valence-electron chi connectivity index (χ0n) is 23.4. The number of amides is 2. The van der Waals surface area contributed by atoms with E-state index in [4.69, 9.17) is 16.6 Å². The van der Waals surface area contributed by atoms with Crippen LogP contribution in [-0.4, -0.2) is 43.9 Å². The molecule has 2 bridgehead atoms. The highest BCUT2D eigenvalue weighted by molar-refractivity contribution is 6.30. The lowest BCUT2D eigenvalue weighted by molar-refractivity contribution is -0.118. The first kappa shape index (κ1) is 26.1. The van der Waals surface area contributed by atoms with Crippen LogP contribution in [0, 0.1) is 37.0 Å². The molecule has 5 aliphatic rings. The molecule has 41 heavy (non-hydrogen) atoms. The second kappa shape index (κ2) is 9.12. The average Bonchev–Trinajstić information content (AvgIpc) is 3.40. The number of rotatable bonds is 6. The van der Waals surface area contributed by atoms with Gasteiger partial charge < -0.3 is 5.32 Å². The van der Waals surface area contributed by atoms with Crippen LogP contribution in [0.3, 0.4) is 0 Å². The van der Waals surface area contributed by atoms with Crippen LogP contribution in [0.5, 0.6) is 0 Å². The van der Waals surface area contributed by atoms with Gasteiger partial charge in [0.15, 0.2) is 5.69 Å². The zero-order chi connectivity index (χ0) is 28.7. The first-order valence-electron chi connectivity index (χ1n) is 14.4. The fourth-order valence-corrected chi connectivity index (χ4v) is 7.95. The smallest absolute Gasteiger partial charge is 0.273 e. The van der Waals surface area contributed by atoms with E-state index in [0.717, 1.165) is 73.1 Å². The van der Waals surface area contributed by atoms with Crippen LogP contribution in [0.2, 0.25) is 5.02 Å². The molecule has 210 valence electrons. The molecule has 1 aromatic carbocycles. The molecule has 2 aromatic heterocycles. The Labute approximate surface area is 243 Å². The van der Waals surface area contributed by atoms with Crippen LogP contribution in [0.15, 0.2) is 30.6 Å². The summed E-state index contributed by atoms with van der Waals surface area (Å²) < 4.78 is 1.70. The van der Waals surface area contributed by atoms with Gasteiger partial charge in [0.25, 0.3) is 5.91 Å². The van der Waals surface area contributed by atoms with Crippen molar-refractivity contribution in [3.63, 3.8) is 0 Å². The first-order valence-corrected chi connectivity index (χ1v) is 14.7. The molecule has 0 spiro atoms. The first-order chi connectivity index (χ1) is 19.6. The maximum Gasteiger partial charge on any atom is 0.273 e. The summed E-state index contributed by atoms with van der Waals surface area (Å²) in [6, 6.07) is 7.59. The molecule has 5 fully saturated rings. The van der Waals surface area contributed by atoms with Gasteiger partial charge in [-0.25, -0.2) is 9.67 Å². The monoisotopic (exact) mass is 569 g/mol. The van der Waals surface area contributed by atoms with Gasteiger partial charge in [0.1, 0.15) is 5.82 Å². The second-order valence-electron chi connectivity index (χ2n) is 12.6. The maximum atomic E-state index is 13.4. The average molecular weight is 570 g/mol. The minimum Gasteiger partial charge on any atom is -0.345 e. The molecule has 8 rings (SSSR count). The summed E-state index contributed by atoms with van der Waals surface area (Å²) in [5.41, 5.74) is 4.49. The lowest BCUT2D eigenvalue weighted by Gasteiger charge is -2.61. The Morgan fingerprint density at radius 1 is 1.24 bits per heavy atom. The number of benzene rings is 1. The van der Waals surface area contributed by atoms with Crippen LogP contribution in [0.25, 0.3) is 0 Å². The van der Waals surface area contributed by atoms with Crippen LogP contribution < -0.4 is 10.2 Å². The van der Waals surface area contributed by atoms with Crippen molar-refractivity contribution < 1.29 is 9.59 Å². The van der Waals surface area contributed by atoms with Gasteiger partial charge in [-0.2, -0.15) is 5.26 Å². The molecular formula is C31H32ClN7O2. The standard InChI is InChI=1S/C31H32ClN7O2/c1-17-18(2)27(38-13-21-9-23(21)29(38)41)34-12-24(17)19(3)39-14-26(36-37-39)28(40)35-31-8-4-7-30(15-31,16-31)25-10-22(32)6-5-20(25)11-33/h5-6,10,12,14,19,21,23H,4,7-9,13,15-16H2,1-3H3,(H,35,40)/t19?,21-,23-,30?,31?/m1/s1. The van der Waals surface area contributed by atoms with Crippen LogP contribution in [0.1, 0.15) is 89.8 Å². The molecule has 1 N–H and O–H groups in total. The molecule has 2 amide bonds. The summed E-state index contributed by atoms with van der Waals surface area (Å²) in [5.74, 6) is 1.37. The lowest BCUT2D eigenvalue weighted by atomic mass is 9.47. The Balaban J connectivity index is 1.06. The number of nitriles is 1. The quantitative estimate of drug-likeness (QED) is 0.456. The Morgan fingerprint density at radius 2 is 2.05 bits per heavy atom. The third kappa shape index (κ3) is 4.06. The Hall–Kier alpha value is -3.77. The van der Waals surface area contributed by atoms with Crippen molar-refractivity contribution in [1.29, 1.82) is 5.26 Å². The molecule has 10 heteroatoms. The van der Waals surface area contributed by atoms with Crippen molar-refractivity contribution in [3.8, 4) is 6.07 Å². The van der Waals surface area contributed by atoms with Crippen molar-refractivity contribution in [2.75, 3.05) is 11.4 Å². The highest BCUT2D eigenvalue weighted by atomic mass is 35.5. The predicted octanol–water partition coefficient (Wildman–Crippen LogP) is 4.79. The van der Waals surface area contributed by atoms with E-state index in [9.17, 15) is 14.9 Å². The summed E-state index contributed by atoms with van der Waals surface area (Å²) in [6.07, 6.45) is 8.92. The summed E-state index contributed by atoms with van der Waals surface area (Å²) in [7, 11) is 0. The summed E-state index contributed by atoms with van der Waals surface area (Å²) >= 11 is 6.30. The molecule has 0 radical (unpaired) electrons. The number of carbonyl (C=O) groups excluding carboxylic acids is 2. The van der Waals surface area contributed by atoms with Gasteiger partial charge in [0, 0.05) is 34.6 Å². The third-order valence-electron chi connectivity index (χ3n) is 10.1.